The molecule has 2 heterocycles. The molecule has 4 aromatic rings. The zero-order valence-corrected chi connectivity index (χ0v) is 15.5. The smallest absolute Gasteiger partial charge is 0.240 e. The van der Waals surface area contributed by atoms with Crippen molar-refractivity contribution in [2.75, 3.05) is 0 Å². The van der Waals surface area contributed by atoms with Crippen LogP contribution in [0.15, 0.2) is 78.1 Å². The van der Waals surface area contributed by atoms with Crippen molar-refractivity contribution >= 4 is 20.8 Å². The monoisotopic (exact) mass is 378 g/mol. The van der Waals surface area contributed by atoms with E-state index < -0.39 is 10.0 Å². The number of nitrogens with zero attached hydrogens (tertiary/aromatic N) is 3. The second kappa shape index (κ2) is 6.94. The Bertz CT molecular complexity index is 1220. The Morgan fingerprint density at radius 3 is 2.63 bits per heavy atom. The highest BCUT2D eigenvalue weighted by Crippen LogP contribution is 2.22. The van der Waals surface area contributed by atoms with Crippen molar-refractivity contribution in [1.82, 2.24) is 19.5 Å². The maximum Gasteiger partial charge on any atom is 0.240 e. The minimum Gasteiger partial charge on any atom is -0.275 e. The Labute approximate surface area is 157 Å². The molecule has 0 bridgehead atoms. The van der Waals surface area contributed by atoms with Crippen LogP contribution in [0, 0.1) is 0 Å². The first-order valence-electron chi connectivity index (χ1n) is 8.44. The van der Waals surface area contributed by atoms with Gasteiger partial charge in [0.2, 0.25) is 10.0 Å². The third-order valence-corrected chi connectivity index (χ3v) is 5.75. The SMILES string of the molecule is Cn1cc(-c2ncccc2CNS(=O)(=O)c2ccc3ccccc3c2)cn1. The Hall–Kier alpha value is -3.03. The normalized spacial score (nSPS) is 11.7. The average molecular weight is 378 g/mol. The first kappa shape index (κ1) is 17.4. The number of hydrogen-bond acceptors (Lipinski definition) is 4. The molecule has 0 unspecified atom stereocenters. The third kappa shape index (κ3) is 3.60. The molecule has 136 valence electrons. The maximum absolute atomic E-state index is 12.8. The Morgan fingerprint density at radius 2 is 1.85 bits per heavy atom. The summed E-state index contributed by atoms with van der Waals surface area (Å²) < 4.78 is 29.9. The van der Waals surface area contributed by atoms with Gasteiger partial charge in [0.15, 0.2) is 0 Å². The fourth-order valence-corrected chi connectivity index (χ4v) is 4.02. The van der Waals surface area contributed by atoms with Crippen LogP contribution >= 0.6 is 0 Å². The quantitative estimate of drug-likeness (QED) is 0.579. The molecule has 1 N–H and O–H groups in total. The van der Waals surface area contributed by atoms with Crippen molar-refractivity contribution < 1.29 is 8.42 Å². The summed E-state index contributed by atoms with van der Waals surface area (Å²) in [6, 6.07) is 16.4. The number of nitrogens with one attached hydrogen (secondary N) is 1. The van der Waals surface area contributed by atoms with Crippen LogP contribution in [0.2, 0.25) is 0 Å². The maximum atomic E-state index is 12.8. The van der Waals surface area contributed by atoms with Crippen LogP contribution in [-0.2, 0) is 23.6 Å². The number of fused-ring (bicyclic) bond motifs is 1. The summed E-state index contributed by atoms with van der Waals surface area (Å²) in [5.41, 5.74) is 2.35. The average Bonchev–Trinajstić information content (AvgIpc) is 3.12. The zero-order valence-electron chi connectivity index (χ0n) is 14.7. The number of aromatic nitrogens is 3. The molecule has 7 heteroatoms. The zero-order chi connectivity index (χ0) is 18.9. The summed E-state index contributed by atoms with van der Waals surface area (Å²) >= 11 is 0. The van der Waals surface area contributed by atoms with Gasteiger partial charge >= 0.3 is 0 Å². The van der Waals surface area contributed by atoms with Gasteiger partial charge in [-0.25, -0.2) is 13.1 Å². The topological polar surface area (TPSA) is 76.9 Å². The molecular weight excluding hydrogens is 360 g/mol. The summed E-state index contributed by atoms with van der Waals surface area (Å²) in [6.45, 7) is 0.146. The number of aryl methyl sites for hydroxylation is 1. The third-order valence-electron chi connectivity index (χ3n) is 4.35. The van der Waals surface area contributed by atoms with Gasteiger partial charge in [-0.3, -0.25) is 9.67 Å². The van der Waals surface area contributed by atoms with E-state index in [1.165, 1.54) is 0 Å². The van der Waals surface area contributed by atoms with Gasteiger partial charge in [-0.1, -0.05) is 36.4 Å². The van der Waals surface area contributed by atoms with Crippen LogP contribution in [0.1, 0.15) is 5.56 Å². The van der Waals surface area contributed by atoms with Gasteiger partial charge in [-0.15, -0.1) is 0 Å². The van der Waals surface area contributed by atoms with Crippen molar-refractivity contribution in [3.63, 3.8) is 0 Å². The molecule has 0 aliphatic rings. The number of hydrogen-bond donors (Lipinski definition) is 1. The van der Waals surface area contributed by atoms with Gasteiger partial charge in [-0.05, 0) is 34.5 Å². The molecular formula is C20H18N4O2S. The molecule has 2 aromatic heterocycles. The lowest BCUT2D eigenvalue weighted by atomic mass is 10.1. The van der Waals surface area contributed by atoms with E-state index >= 15 is 0 Å². The highest BCUT2D eigenvalue weighted by Gasteiger charge is 2.16. The summed E-state index contributed by atoms with van der Waals surface area (Å²) in [4.78, 5) is 4.63. The Balaban J connectivity index is 1.61. The Morgan fingerprint density at radius 1 is 1.04 bits per heavy atom. The number of rotatable bonds is 5. The van der Waals surface area contributed by atoms with Gasteiger partial charge in [0.1, 0.15) is 0 Å². The van der Waals surface area contributed by atoms with Gasteiger partial charge < -0.3 is 0 Å². The van der Waals surface area contributed by atoms with Crippen molar-refractivity contribution in [3.8, 4) is 11.3 Å². The van der Waals surface area contributed by atoms with Crippen molar-refractivity contribution in [2.24, 2.45) is 7.05 Å². The van der Waals surface area contributed by atoms with Crippen molar-refractivity contribution in [3.05, 3.63) is 78.8 Å². The lowest BCUT2D eigenvalue weighted by molar-refractivity contribution is 0.581. The molecule has 0 atom stereocenters. The second-order valence-corrected chi connectivity index (χ2v) is 8.01. The van der Waals surface area contributed by atoms with E-state index in [-0.39, 0.29) is 11.4 Å². The highest BCUT2D eigenvalue weighted by atomic mass is 32.2. The molecule has 0 fully saturated rings. The summed E-state index contributed by atoms with van der Waals surface area (Å²) in [6.07, 6.45) is 5.25. The summed E-state index contributed by atoms with van der Waals surface area (Å²) in [5.74, 6) is 0. The molecule has 27 heavy (non-hydrogen) atoms. The van der Waals surface area contributed by atoms with Crippen LogP contribution in [0.3, 0.4) is 0 Å². The standard InChI is InChI=1S/C20H18N4O2S/c1-24-14-18(12-22-24)20-17(7-4-10-21-20)13-23-27(25,26)19-9-8-15-5-2-3-6-16(15)11-19/h2-12,14,23H,13H2,1H3. The van der Waals surface area contributed by atoms with Crippen molar-refractivity contribution in [1.29, 1.82) is 0 Å². The molecule has 0 saturated carbocycles. The number of sulfonamides is 1. The minimum absolute atomic E-state index is 0.146. The van der Waals surface area contributed by atoms with E-state index in [0.29, 0.717) is 5.69 Å². The molecule has 0 spiro atoms. The van der Waals surface area contributed by atoms with E-state index in [1.807, 2.05) is 49.6 Å². The lowest BCUT2D eigenvalue weighted by Crippen LogP contribution is -2.23. The van der Waals surface area contributed by atoms with E-state index in [4.69, 9.17) is 0 Å². The van der Waals surface area contributed by atoms with Crippen molar-refractivity contribution in [2.45, 2.75) is 11.4 Å². The molecule has 2 aromatic carbocycles. The van der Waals surface area contributed by atoms with E-state index in [1.54, 1.807) is 35.3 Å². The largest absolute Gasteiger partial charge is 0.275 e. The summed E-state index contributed by atoms with van der Waals surface area (Å²) in [5, 5.41) is 6.05. The molecule has 4 rings (SSSR count). The van der Waals surface area contributed by atoms with E-state index in [2.05, 4.69) is 14.8 Å². The van der Waals surface area contributed by atoms with Gasteiger partial charge in [-0.2, -0.15) is 5.10 Å². The molecule has 6 nitrogen and oxygen atoms in total. The minimum atomic E-state index is -3.64. The van der Waals surface area contributed by atoms with Crippen LogP contribution in [-0.4, -0.2) is 23.2 Å². The molecule has 0 radical (unpaired) electrons. The number of pyridine rings is 1. The molecule has 0 amide bonds. The molecule has 0 aliphatic carbocycles. The van der Waals surface area contributed by atoms with Crippen LogP contribution in [0.4, 0.5) is 0 Å². The fourth-order valence-electron chi connectivity index (χ4n) is 2.98. The van der Waals surface area contributed by atoms with Gasteiger partial charge in [0.05, 0.1) is 16.8 Å². The Kier molecular flexibility index (Phi) is 4.47. The predicted molar refractivity (Wildman–Crippen MR) is 104 cm³/mol. The van der Waals surface area contributed by atoms with Crippen LogP contribution in [0.25, 0.3) is 22.0 Å². The highest BCUT2D eigenvalue weighted by molar-refractivity contribution is 7.89. The first-order chi connectivity index (χ1) is 13.0. The lowest BCUT2D eigenvalue weighted by Gasteiger charge is -2.10. The first-order valence-corrected chi connectivity index (χ1v) is 9.93. The number of benzene rings is 2. The van der Waals surface area contributed by atoms with Gasteiger partial charge in [0, 0.05) is 31.5 Å². The predicted octanol–water partition coefficient (Wildman–Crippen LogP) is 3.11. The summed E-state index contributed by atoms with van der Waals surface area (Å²) in [7, 11) is -1.81. The van der Waals surface area contributed by atoms with E-state index in [0.717, 1.165) is 21.9 Å². The second-order valence-electron chi connectivity index (χ2n) is 6.25. The fraction of sp³-hybridized carbons (Fsp3) is 0.100. The molecule has 0 aliphatic heterocycles. The van der Waals surface area contributed by atoms with Crippen LogP contribution in [0.5, 0.6) is 0 Å². The van der Waals surface area contributed by atoms with Crippen LogP contribution < -0.4 is 4.72 Å². The van der Waals surface area contributed by atoms with Gasteiger partial charge in [0.25, 0.3) is 0 Å². The molecule has 0 saturated heterocycles. The van der Waals surface area contributed by atoms with E-state index in [9.17, 15) is 8.42 Å².